The number of rotatable bonds is 5. The van der Waals surface area contributed by atoms with Crippen molar-refractivity contribution in [2.45, 2.75) is 50.7 Å². The number of nitrogens with zero attached hydrogens (tertiary/aromatic N) is 1. The van der Waals surface area contributed by atoms with Gasteiger partial charge in [0.1, 0.15) is 5.82 Å². The molecule has 0 spiro atoms. The highest BCUT2D eigenvalue weighted by molar-refractivity contribution is 5.77. The van der Waals surface area contributed by atoms with E-state index in [-0.39, 0.29) is 12.5 Å². The van der Waals surface area contributed by atoms with Crippen LogP contribution in [0.25, 0.3) is 0 Å². The van der Waals surface area contributed by atoms with E-state index in [1.54, 1.807) is 0 Å². The monoisotopic (exact) mass is 315 g/mol. The van der Waals surface area contributed by atoms with Gasteiger partial charge in [0, 0.05) is 12.6 Å². The fourth-order valence-corrected chi connectivity index (χ4v) is 2.85. The fraction of sp³-hybridized carbons (Fsp3) is 0.562. The van der Waals surface area contributed by atoms with E-state index < -0.39 is 30.2 Å². The molecule has 0 radical (unpaired) electrons. The van der Waals surface area contributed by atoms with E-state index in [1.165, 1.54) is 29.2 Å². The predicted octanol–water partition coefficient (Wildman–Crippen LogP) is 3.29. The Morgan fingerprint density at radius 2 is 2.05 bits per heavy atom. The van der Waals surface area contributed by atoms with Gasteiger partial charge in [0.15, 0.2) is 0 Å². The zero-order valence-corrected chi connectivity index (χ0v) is 12.4. The first kappa shape index (κ1) is 16.8. The maximum absolute atomic E-state index is 13.0. The molecule has 1 aliphatic heterocycles. The lowest BCUT2D eigenvalue weighted by molar-refractivity contribution is -0.139. The Bertz CT molecular complexity index is 513. The number of benzene rings is 1. The van der Waals surface area contributed by atoms with Crippen LogP contribution in [0, 0.1) is 5.82 Å². The molecule has 122 valence electrons. The first-order valence-corrected chi connectivity index (χ1v) is 7.37. The maximum atomic E-state index is 13.0. The molecular formula is C16H20F3NO2. The smallest absolute Gasteiger partial charge is 0.254 e. The van der Waals surface area contributed by atoms with Crippen LogP contribution in [0.4, 0.5) is 13.2 Å². The van der Waals surface area contributed by atoms with E-state index >= 15 is 0 Å². The number of hydrogen-bond acceptors (Lipinski definition) is 2. The van der Waals surface area contributed by atoms with Gasteiger partial charge in [-0.3, -0.25) is 4.79 Å². The lowest BCUT2D eigenvalue weighted by atomic mass is 10.00. The van der Waals surface area contributed by atoms with Crippen molar-refractivity contribution in [3.63, 3.8) is 0 Å². The third-order valence-corrected chi connectivity index (χ3v) is 3.91. The summed E-state index contributed by atoms with van der Waals surface area (Å²) in [5, 5.41) is 10.2. The number of carbonyl (C=O) groups is 1. The average molecular weight is 315 g/mol. The van der Waals surface area contributed by atoms with E-state index in [4.69, 9.17) is 0 Å². The third kappa shape index (κ3) is 4.47. The molecule has 22 heavy (non-hydrogen) atoms. The summed E-state index contributed by atoms with van der Waals surface area (Å²) in [5.74, 6) is -4.00. The minimum Gasteiger partial charge on any atom is -0.388 e. The van der Waals surface area contributed by atoms with E-state index in [0.717, 1.165) is 13.3 Å². The molecule has 1 saturated heterocycles. The minimum absolute atomic E-state index is 0.255. The van der Waals surface area contributed by atoms with Gasteiger partial charge in [-0.05, 0) is 43.9 Å². The van der Waals surface area contributed by atoms with E-state index in [1.807, 2.05) is 0 Å². The van der Waals surface area contributed by atoms with Crippen LogP contribution in [0.15, 0.2) is 24.3 Å². The number of halogens is 3. The van der Waals surface area contributed by atoms with Gasteiger partial charge in [-0.1, -0.05) is 12.1 Å². The molecule has 3 nitrogen and oxygen atoms in total. The summed E-state index contributed by atoms with van der Waals surface area (Å²) in [7, 11) is 0. The Hall–Kier alpha value is -1.56. The van der Waals surface area contributed by atoms with Crippen LogP contribution in [0.2, 0.25) is 0 Å². The lowest BCUT2D eigenvalue weighted by Gasteiger charge is -2.27. The number of likely N-dealkylation sites (tertiary alicyclic amines) is 1. The molecule has 6 heteroatoms. The van der Waals surface area contributed by atoms with Crippen molar-refractivity contribution in [1.82, 2.24) is 4.90 Å². The molecule has 1 heterocycles. The van der Waals surface area contributed by atoms with Gasteiger partial charge in [-0.15, -0.1) is 0 Å². The second-order valence-corrected chi connectivity index (χ2v) is 5.93. The lowest BCUT2D eigenvalue weighted by Crippen LogP contribution is -2.38. The highest BCUT2D eigenvalue weighted by atomic mass is 19.3. The van der Waals surface area contributed by atoms with Gasteiger partial charge < -0.3 is 10.0 Å². The Labute approximate surface area is 127 Å². The molecular weight excluding hydrogens is 295 g/mol. The summed E-state index contributed by atoms with van der Waals surface area (Å²) in [6, 6.07) is 5.24. The molecule has 1 fully saturated rings. The maximum Gasteiger partial charge on any atom is 0.254 e. The zero-order chi connectivity index (χ0) is 16.3. The average Bonchev–Trinajstić information content (AvgIpc) is 2.85. The van der Waals surface area contributed by atoms with Crippen molar-refractivity contribution in [2.24, 2.45) is 0 Å². The van der Waals surface area contributed by atoms with E-state index in [9.17, 15) is 23.1 Å². The molecule has 0 bridgehead atoms. The van der Waals surface area contributed by atoms with Crippen LogP contribution in [0.3, 0.4) is 0 Å². The summed E-state index contributed by atoms with van der Waals surface area (Å²) >= 11 is 0. The first-order chi connectivity index (χ1) is 10.3. The van der Waals surface area contributed by atoms with Gasteiger partial charge in [-0.2, -0.15) is 0 Å². The Kier molecular flexibility index (Phi) is 5.11. The second-order valence-electron chi connectivity index (χ2n) is 5.93. The van der Waals surface area contributed by atoms with Crippen LogP contribution in [0.1, 0.15) is 44.3 Å². The van der Waals surface area contributed by atoms with E-state index in [0.29, 0.717) is 18.5 Å². The number of aliphatic hydroxyl groups is 1. The van der Waals surface area contributed by atoms with Crippen LogP contribution >= 0.6 is 0 Å². The van der Waals surface area contributed by atoms with Crippen molar-refractivity contribution >= 4 is 5.91 Å². The third-order valence-electron chi connectivity index (χ3n) is 3.91. The molecule has 1 aromatic carbocycles. The summed E-state index contributed by atoms with van der Waals surface area (Å²) in [4.78, 5) is 13.4. The SMILES string of the molecule is CC(F)(F)CC(=O)N1CCCC1CC(O)c1ccc(F)cc1. The number of amides is 1. The van der Waals surface area contributed by atoms with Gasteiger partial charge in [0.05, 0.1) is 12.5 Å². The molecule has 2 unspecified atom stereocenters. The molecule has 1 aliphatic rings. The van der Waals surface area contributed by atoms with Crippen LogP contribution in [-0.2, 0) is 4.79 Å². The number of carbonyl (C=O) groups excluding carboxylic acids is 1. The summed E-state index contributed by atoms with van der Waals surface area (Å²) in [6.07, 6.45) is 0.0327. The molecule has 0 aliphatic carbocycles. The summed E-state index contributed by atoms with van der Waals surface area (Å²) in [6.45, 7) is 1.17. The number of aliphatic hydroxyl groups excluding tert-OH is 1. The highest BCUT2D eigenvalue weighted by Crippen LogP contribution is 2.29. The minimum atomic E-state index is -3.03. The summed E-state index contributed by atoms with van der Waals surface area (Å²) < 4.78 is 38.8. The largest absolute Gasteiger partial charge is 0.388 e. The van der Waals surface area contributed by atoms with Crippen LogP contribution in [-0.4, -0.2) is 34.4 Å². The molecule has 1 aromatic rings. The van der Waals surface area contributed by atoms with Crippen LogP contribution in [0.5, 0.6) is 0 Å². The van der Waals surface area contributed by atoms with Crippen LogP contribution < -0.4 is 0 Å². The Balaban J connectivity index is 1.98. The molecule has 2 rings (SSSR count). The quantitative estimate of drug-likeness (QED) is 0.906. The van der Waals surface area contributed by atoms with Crippen molar-refractivity contribution < 1.29 is 23.1 Å². The number of hydrogen-bond donors (Lipinski definition) is 1. The molecule has 2 atom stereocenters. The van der Waals surface area contributed by atoms with Crippen molar-refractivity contribution in [2.75, 3.05) is 6.54 Å². The Morgan fingerprint density at radius 3 is 2.64 bits per heavy atom. The van der Waals surface area contributed by atoms with Gasteiger partial charge in [0.25, 0.3) is 5.92 Å². The molecule has 1 N–H and O–H groups in total. The second kappa shape index (κ2) is 6.69. The van der Waals surface area contributed by atoms with Crippen molar-refractivity contribution in [3.05, 3.63) is 35.6 Å². The first-order valence-electron chi connectivity index (χ1n) is 7.37. The number of alkyl halides is 2. The van der Waals surface area contributed by atoms with E-state index in [2.05, 4.69) is 0 Å². The van der Waals surface area contributed by atoms with Crippen molar-refractivity contribution in [3.8, 4) is 0 Å². The highest BCUT2D eigenvalue weighted by Gasteiger charge is 2.35. The molecule has 0 saturated carbocycles. The van der Waals surface area contributed by atoms with Gasteiger partial charge in [0.2, 0.25) is 5.91 Å². The molecule has 0 aromatic heterocycles. The normalized spacial score (nSPS) is 20.2. The van der Waals surface area contributed by atoms with Crippen molar-refractivity contribution in [1.29, 1.82) is 0 Å². The standard InChI is InChI=1S/C16H20F3NO2/c1-16(18,19)10-15(22)20-8-2-3-13(20)9-14(21)11-4-6-12(17)7-5-11/h4-7,13-14,21H,2-3,8-10H2,1H3. The van der Waals surface area contributed by atoms with Gasteiger partial charge >= 0.3 is 0 Å². The zero-order valence-electron chi connectivity index (χ0n) is 12.4. The Morgan fingerprint density at radius 1 is 1.41 bits per heavy atom. The summed E-state index contributed by atoms with van der Waals surface area (Å²) in [5.41, 5.74) is 0.557. The molecule has 1 amide bonds. The predicted molar refractivity (Wildman–Crippen MR) is 75.9 cm³/mol. The topological polar surface area (TPSA) is 40.5 Å². The fourth-order valence-electron chi connectivity index (χ4n) is 2.85. The van der Waals surface area contributed by atoms with Gasteiger partial charge in [-0.25, -0.2) is 13.2 Å².